The molecule has 0 aliphatic heterocycles. The van der Waals surface area contributed by atoms with Crippen LogP contribution in [0.3, 0.4) is 0 Å². The van der Waals surface area contributed by atoms with Crippen molar-refractivity contribution in [3.05, 3.63) is 59.9 Å². The van der Waals surface area contributed by atoms with Gasteiger partial charge in [-0.3, -0.25) is 9.52 Å². The highest BCUT2D eigenvalue weighted by Gasteiger charge is 2.17. The molecule has 0 aromatic heterocycles. The average Bonchev–Trinajstić information content (AvgIpc) is 2.57. The number of rotatable bonds is 7. The van der Waals surface area contributed by atoms with Crippen molar-refractivity contribution in [3.63, 3.8) is 0 Å². The van der Waals surface area contributed by atoms with Gasteiger partial charge in [0, 0.05) is 18.7 Å². The first-order valence-corrected chi connectivity index (χ1v) is 8.99. The Labute approximate surface area is 146 Å². The Morgan fingerprint density at radius 1 is 1.16 bits per heavy atom. The zero-order valence-electron chi connectivity index (χ0n) is 13.8. The second-order valence-electron chi connectivity index (χ2n) is 5.44. The second-order valence-corrected chi connectivity index (χ2v) is 7.12. The maximum absolute atomic E-state index is 13.6. The fourth-order valence-electron chi connectivity index (χ4n) is 2.13. The molecule has 0 unspecified atom stereocenters. The largest absolute Gasteiger partial charge is 0.383 e. The Morgan fingerprint density at radius 2 is 1.80 bits per heavy atom. The van der Waals surface area contributed by atoms with E-state index in [-0.39, 0.29) is 22.5 Å². The van der Waals surface area contributed by atoms with E-state index in [0.29, 0.717) is 12.2 Å². The quantitative estimate of drug-likeness (QED) is 0.788. The smallest absolute Gasteiger partial charge is 0.261 e. The molecule has 1 atom stereocenters. The summed E-state index contributed by atoms with van der Waals surface area (Å²) < 4.78 is 45.3. The van der Waals surface area contributed by atoms with Crippen LogP contribution in [0.2, 0.25) is 0 Å². The van der Waals surface area contributed by atoms with Crippen molar-refractivity contribution in [3.8, 4) is 0 Å². The number of halogens is 1. The minimum absolute atomic E-state index is 0.0720. The van der Waals surface area contributed by atoms with E-state index in [1.807, 2.05) is 0 Å². The minimum atomic E-state index is -3.95. The van der Waals surface area contributed by atoms with E-state index >= 15 is 0 Å². The van der Waals surface area contributed by atoms with Crippen LogP contribution >= 0.6 is 0 Å². The van der Waals surface area contributed by atoms with E-state index in [0.717, 1.165) is 6.07 Å². The summed E-state index contributed by atoms with van der Waals surface area (Å²) in [5.41, 5.74) is 0.172. The number of benzene rings is 2. The fraction of sp³-hybridized carbons (Fsp3) is 0.235. The molecule has 0 spiro atoms. The van der Waals surface area contributed by atoms with E-state index < -0.39 is 15.8 Å². The number of carbonyl (C=O) groups is 1. The van der Waals surface area contributed by atoms with Gasteiger partial charge in [0.2, 0.25) is 0 Å². The number of nitrogens with one attached hydrogen (secondary N) is 2. The van der Waals surface area contributed by atoms with Gasteiger partial charge in [0.25, 0.3) is 15.9 Å². The Balaban J connectivity index is 2.13. The number of ether oxygens (including phenoxy) is 1. The Hall–Kier alpha value is -2.45. The zero-order valence-corrected chi connectivity index (χ0v) is 14.6. The van der Waals surface area contributed by atoms with Gasteiger partial charge in [-0.15, -0.1) is 0 Å². The number of hydrogen-bond donors (Lipinski definition) is 2. The van der Waals surface area contributed by atoms with Crippen LogP contribution in [0.25, 0.3) is 0 Å². The molecule has 1 amide bonds. The summed E-state index contributed by atoms with van der Waals surface area (Å²) in [4.78, 5) is 12.0. The van der Waals surface area contributed by atoms with Crippen LogP contribution < -0.4 is 10.0 Å². The molecule has 8 heteroatoms. The molecule has 0 saturated carbocycles. The average molecular weight is 366 g/mol. The summed E-state index contributed by atoms with van der Waals surface area (Å²) >= 11 is 0. The van der Waals surface area contributed by atoms with Crippen LogP contribution in [0, 0.1) is 5.82 Å². The molecule has 0 bridgehead atoms. The lowest BCUT2D eigenvalue weighted by atomic mass is 10.2. The van der Waals surface area contributed by atoms with Crippen molar-refractivity contribution in [1.29, 1.82) is 0 Å². The van der Waals surface area contributed by atoms with Gasteiger partial charge in [-0.25, -0.2) is 12.8 Å². The molecule has 0 heterocycles. The number of sulfonamides is 1. The van der Waals surface area contributed by atoms with Gasteiger partial charge in [0.05, 0.1) is 17.2 Å². The lowest BCUT2D eigenvalue weighted by Gasteiger charge is -2.13. The molecule has 2 rings (SSSR count). The summed E-state index contributed by atoms with van der Waals surface area (Å²) in [5.74, 6) is -1.01. The Bertz CT molecular complexity index is 838. The Kier molecular flexibility index (Phi) is 6.11. The van der Waals surface area contributed by atoms with Gasteiger partial charge in [0.15, 0.2) is 0 Å². The highest BCUT2D eigenvalue weighted by Crippen LogP contribution is 2.19. The van der Waals surface area contributed by atoms with Crippen molar-refractivity contribution < 1.29 is 22.3 Å². The van der Waals surface area contributed by atoms with Crippen LogP contribution in [0.4, 0.5) is 10.1 Å². The zero-order chi connectivity index (χ0) is 18.4. The van der Waals surface area contributed by atoms with E-state index in [9.17, 15) is 17.6 Å². The molecule has 134 valence electrons. The Morgan fingerprint density at radius 3 is 2.40 bits per heavy atom. The molecular formula is C17H19FN2O4S. The third kappa shape index (κ3) is 5.01. The van der Waals surface area contributed by atoms with E-state index in [1.165, 1.54) is 49.6 Å². The van der Waals surface area contributed by atoms with Gasteiger partial charge in [-0.1, -0.05) is 12.1 Å². The van der Waals surface area contributed by atoms with Crippen LogP contribution in [-0.4, -0.2) is 34.1 Å². The van der Waals surface area contributed by atoms with Crippen molar-refractivity contribution in [2.45, 2.75) is 17.9 Å². The van der Waals surface area contributed by atoms with Crippen LogP contribution in [-0.2, 0) is 14.8 Å². The van der Waals surface area contributed by atoms with Crippen molar-refractivity contribution >= 4 is 21.6 Å². The predicted octanol–water partition coefficient (Wildman–Crippen LogP) is 2.39. The van der Waals surface area contributed by atoms with Crippen molar-refractivity contribution in [2.24, 2.45) is 0 Å². The summed E-state index contributed by atoms with van der Waals surface area (Å²) in [6.07, 6.45) is 0. The molecule has 0 aliphatic carbocycles. The van der Waals surface area contributed by atoms with E-state index in [2.05, 4.69) is 10.0 Å². The lowest BCUT2D eigenvalue weighted by Crippen LogP contribution is -2.35. The maximum Gasteiger partial charge on any atom is 0.261 e. The third-order valence-electron chi connectivity index (χ3n) is 3.34. The molecule has 0 saturated heterocycles. The number of hydrogen-bond acceptors (Lipinski definition) is 4. The third-order valence-corrected chi connectivity index (χ3v) is 4.72. The summed E-state index contributed by atoms with van der Waals surface area (Å²) in [6.45, 7) is 2.16. The number of anilines is 1. The first-order valence-electron chi connectivity index (χ1n) is 7.50. The van der Waals surface area contributed by atoms with Crippen LogP contribution in [0.5, 0.6) is 0 Å². The molecular weight excluding hydrogens is 347 g/mol. The van der Waals surface area contributed by atoms with E-state index in [4.69, 9.17) is 4.74 Å². The molecule has 0 aliphatic rings. The standard InChI is InChI=1S/C17H19FN2O4S/c1-12(11-24-2)19-17(21)13-7-9-14(10-8-13)25(22,23)20-16-6-4-3-5-15(16)18/h3-10,12,20H,11H2,1-2H3,(H,19,21)/t12-/m1/s1. The van der Waals surface area contributed by atoms with Gasteiger partial charge in [-0.05, 0) is 43.3 Å². The highest BCUT2D eigenvalue weighted by atomic mass is 32.2. The number of methoxy groups -OCH3 is 1. The summed E-state index contributed by atoms with van der Waals surface area (Å²) in [6, 6.07) is 10.7. The SMILES string of the molecule is COC[C@@H](C)NC(=O)c1ccc(S(=O)(=O)Nc2ccccc2F)cc1. The van der Waals surface area contributed by atoms with Crippen LogP contribution in [0.15, 0.2) is 53.4 Å². The molecule has 2 aromatic carbocycles. The molecule has 2 aromatic rings. The van der Waals surface area contributed by atoms with Gasteiger partial charge in [0.1, 0.15) is 5.82 Å². The lowest BCUT2D eigenvalue weighted by molar-refractivity contribution is 0.0905. The molecule has 25 heavy (non-hydrogen) atoms. The monoisotopic (exact) mass is 366 g/mol. The number of para-hydroxylation sites is 1. The number of carbonyl (C=O) groups excluding carboxylic acids is 1. The van der Waals surface area contributed by atoms with Crippen molar-refractivity contribution in [2.75, 3.05) is 18.4 Å². The van der Waals surface area contributed by atoms with Crippen LogP contribution in [0.1, 0.15) is 17.3 Å². The van der Waals surface area contributed by atoms with Gasteiger partial charge >= 0.3 is 0 Å². The van der Waals surface area contributed by atoms with Crippen molar-refractivity contribution in [1.82, 2.24) is 5.32 Å². The maximum atomic E-state index is 13.6. The molecule has 0 radical (unpaired) electrons. The topological polar surface area (TPSA) is 84.5 Å². The van der Waals surface area contributed by atoms with E-state index in [1.54, 1.807) is 6.92 Å². The van der Waals surface area contributed by atoms with Gasteiger partial charge < -0.3 is 10.1 Å². The number of amides is 1. The second kappa shape index (κ2) is 8.09. The highest BCUT2D eigenvalue weighted by molar-refractivity contribution is 7.92. The molecule has 0 fully saturated rings. The van der Waals surface area contributed by atoms with Gasteiger partial charge in [-0.2, -0.15) is 0 Å². The fourth-order valence-corrected chi connectivity index (χ4v) is 3.20. The molecule has 6 nitrogen and oxygen atoms in total. The molecule has 2 N–H and O–H groups in total. The first kappa shape index (κ1) is 18.9. The first-order chi connectivity index (χ1) is 11.8. The normalized spacial score (nSPS) is 12.4. The minimum Gasteiger partial charge on any atom is -0.383 e. The predicted molar refractivity (Wildman–Crippen MR) is 92.5 cm³/mol. The summed E-state index contributed by atoms with van der Waals surface area (Å²) in [5, 5.41) is 2.72. The summed E-state index contributed by atoms with van der Waals surface area (Å²) in [7, 11) is -2.42.